The summed E-state index contributed by atoms with van der Waals surface area (Å²) in [4.78, 5) is 84.0. The summed E-state index contributed by atoms with van der Waals surface area (Å²) in [6.07, 6.45) is 2.78. The van der Waals surface area contributed by atoms with Crippen molar-refractivity contribution < 1.29 is 43.9 Å². The molecule has 0 bridgehead atoms. The normalized spacial score (nSPS) is 20.6. The minimum Gasteiger partial charge on any atom is -0.453 e. The number of carbonyl (C=O) groups excluding carboxylic acids is 6. The van der Waals surface area contributed by atoms with Gasteiger partial charge in [-0.25, -0.2) is 9.59 Å². The van der Waals surface area contributed by atoms with E-state index in [0.29, 0.717) is 56.1 Å². The lowest BCUT2D eigenvalue weighted by atomic mass is 10.0. The molecule has 4 N–H and O–H groups in total. The molecule has 6 amide bonds. The monoisotopic (exact) mass is 888 g/mol. The van der Waals surface area contributed by atoms with E-state index in [1.807, 2.05) is 52.0 Å². The zero-order chi connectivity index (χ0) is 46.2. The third kappa shape index (κ3) is 10.8. The fraction of sp³-hybridized carbons (Fsp3) is 0.510. The zero-order valence-electron chi connectivity index (χ0n) is 38.4. The molecular weight excluding hydrogens is 815 g/mol. The van der Waals surface area contributed by atoms with Gasteiger partial charge < -0.3 is 45.4 Å². The van der Waals surface area contributed by atoms with Gasteiger partial charge in [0, 0.05) is 35.9 Å². The molecule has 3 heterocycles. The number of hydrogen-bond donors (Lipinski definition) is 4. The Bertz CT molecular complexity index is 2020. The Morgan fingerprint density at radius 1 is 0.562 bits per heavy atom. The van der Waals surface area contributed by atoms with Crippen LogP contribution in [0.4, 0.5) is 26.7 Å². The molecule has 0 spiro atoms. The summed E-state index contributed by atoms with van der Waals surface area (Å²) in [5, 5.41) is 11.3. The molecule has 3 aromatic carbocycles. The fourth-order valence-electron chi connectivity index (χ4n) is 9.25. The first kappa shape index (κ1) is 47.4. The number of nitrogens with one attached hydrogen (secondary N) is 4. The number of anilines is 3. The first-order chi connectivity index (χ1) is 30.6. The minimum atomic E-state index is -0.812. The number of carbonyl (C=O) groups is 6. The van der Waals surface area contributed by atoms with Crippen LogP contribution in [0, 0.1) is 11.8 Å². The number of nitrogens with zero attached hydrogens (tertiary/aromatic N) is 3. The van der Waals surface area contributed by atoms with Crippen LogP contribution in [0.15, 0.2) is 72.8 Å². The van der Waals surface area contributed by atoms with E-state index in [0.717, 1.165) is 29.7 Å². The molecule has 2 unspecified atom stereocenters. The number of methoxy groups -OCH3 is 2. The molecule has 6 rings (SSSR count). The molecule has 3 fully saturated rings. The van der Waals surface area contributed by atoms with E-state index < -0.39 is 36.4 Å². The van der Waals surface area contributed by atoms with Gasteiger partial charge in [-0.3, -0.25) is 19.2 Å². The zero-order valence-corrected chi connectivity index (χ0v) is 38.4. The molecule has 0 radical (unpaired) electrons. The van der Waals surface area contributed by atoms with Gasteiger partial charge in [-0.05, 0) is 109 Å². The number of rotatable bonds is 14. The SMILES string of the molecule is COC(=O)N[C@H](C(=O)N1CCC[C@H]1C(=O)Nc1ccc(C2CCC(c3ccc(NC(=O)[C@@H]4CCCN4C(=O)[C@@H](NC(=O)OC)C(C)C)cc3)N2c2ccc(C(C)C)cc2)cc1)C(C)C.[HH].[HH].[HH].[HH]. The number of alkyl carbamates (subject to hydrolysis) is 2. The van der Waals surface area contributed by atoms with Crippen molar-refractivity contribution in [2.75, 3.05) is 42.8 Å². The van der Waals surface area contributed by atoms with E-state index in [4.69, 9.17) is 9.47 Å². The molecule has 15 heteroatoms. The molecule has 0 aliphatic carbocycles. The van der Waals surface area contributed by atoms with E-state index in [2.05, 4.69) is 88.5 Å². The fourth-order valence-corrected chi connectivity index (χ4v) is 9.25. The molecule has 64 heavy (non-hydrogen) atoms. The van der Waals surface area contributed by atoms with Gasteiger partial charge in [-0.2, -0.15) is 0 Å². The summed E-state index contributed by atoms with van der Waals surface area (Å²) in [5.74, 6) is -1.16. The van der Waals surface area contributed by atoms with Gasteiger partial charge in [0.25, 0.3) is 0 Å². The second kappa shape index (κ2) is 21.0. The molecular formula is C49H73N7O8. The summed E-state index contributed by atoms with van der Waals surface area (Å²) in [6, 6.07) is 21.7. The lowest BCUT2D eigenvalue weighted by Crippen LogP contribution is -2.54. The highest BCUT2D eigenvalue weighted by molar-refractivity contribution is 5.99. The highest BCUT2D eigenvalue weighted by Gasteiger charge is 2.41. The van der Waals surface area contributed by atoms with Gasteiger partial charge in [0.1, 0.15) is 24.2 Å². The summed E-state index contributed by atoms with van der Waals surface area (Å²) < 4.78 is 9.48. The van der Waals surface area contributed by atoms with Crippen LogP contribution < -0.4 is 26.2 Å². The van der Waals surface area contributed by atoms with Crippen molar-refractivity contribution >= 4 is 52.9 Å². The number of amides is 6. The van der Waals surface area contributed by atoms with E-state index in [-0.39, 0.29) is 53.3 Å². The Labute approximate surface area is 382 Å². The highest BCUT2D eigenvalue weighted by atomic mass is 16.5. The molecule has 3 saturated heterocycles. The molecule has 0 aromatic heterocycles. The number of ether oxygens (including phenoxy) is 2. The maximum Gasteiger partial charge on any atom is 0.407 e. The second-order valence-electron chi connectivity index (χ2n) is 18.1. The van der Waals surface area contributed by atoms with Crippen LogP contribution >= 0.6 is 0 Å². The predicted octanol–water partition coefficient (Wildman–Crippen LogP) is 8.50. The molecule has 3 aliphatic rings. The lowest BCUT2D eigenvalue weighted by Gasteiger charge is -2.34. The average molecular weight is 888 g/mol. The Morgan fingerprint density at radius 3 is 1.30 bits per heavy atom. The molecule has 6 atom stereocenters. The summed E-state index contributed by atoms with van der Waals surface area (Å²) in [7, 11) is 2.50. The van der Waals surface area contributed by atoms with E-state index >= 15 is 0 Å². The standard InChI is InChI=1S/C49H65N7O8.4H2/c1-29(2)32-17-23-37(24-18-32)56-38(33-13-19-35(20-14-33)50-44(57)40-11-9-27-54(40)46(59)42(30(3)4)52-48(61)63-7)25-26-39(56)34-15-21-36(22-16-34)51-45(58)41-12-10-28-55(41)47(60)43(31(5)6)53-49(62)64-8;;;;/h13-24,29-31,38-43H,9-12,25-28H2,1-8H3,(H,50,57)(H,51,58)(H,52,61)(H,53,62);4*1H/t38?,39?,40-,41-,42-,43-;;;;/m0..../s1. The van der Waals surface area contributed by atoms with Crippen LogP contribution in [-0.4, -0.2) is 97.1 Å². The quantitative estimate of drug-likeness (QED) is 0.124. The second-order valence-corrected chi connectivity index (χ2v) is 18.1. The van der Waals surface area contributed by atoms with Gasteiger partial charge in [0.15, 0.2) is 0 Å². The first-order valence-corrected chi connectivity index (χ1v) is 22.6. The van der Waals surface area contributed by atoms with Gasteiger partial charge in [0.2, 0.25) is 23.6 Å². The summed E-state index contributed by atoms with van der Waals surface area (Å²) in [6.45, 7) is 12.6. The highest BCUT2D eigenvalue weighted by Crippen LogP contribution is 2.47. The van der Waals surface area contributed by atoms with Crippen molar-refractivity contribution in [1.82, 2.24) is 20.4 Å². The largest absolute Gasteiger partial charge is 0.453 e. The Kier molecular flexibility index (Phi) is 15.6. The summed E-state index contributed by atoms with van der Waals surface area (Å²) >= 11 is 0. The first-order valence-electron chi connectivity index (χ1n) is 22.6. The van der Waals surface area contributed by atoms with Crippen molar-refractivity contribution in [3.63, 3.8) is 0 Å². The van der Waals surface area contributed by atoms with E-state index in [9.17, 15) is 28.8 Å². The van der Waals surface area contributed by atoms with Crippen LogP contribution in [0.1, 0.15) is 120 Å². The molecule has 3 aliphatic heterocycles. The van der Waals surface area contributed by atoms with Crippen molar-refractivity contribution in [1.29, 1.82) is 0 Å². The average Bonchev–Trinajstić information content (AvgIpc) is 4.08. The molecule has 3 aromatic rings. The van der Waals surface area contributed by atoms with Gasteiger partial charge >= 0.3 is 12.2 Å². The van der Waals surface area contributed by atoms with E-state index in [1.54, 1.807) is 9.80 Å². The van der Waals surface area contributed by atoms with E-state index in [1.165, 1.54) is 19.8 Å². The Balaban J connectivity index is 0.00000397. The Morgan fingerprint density at radius 2 is 0.953 bits per heavy atom. The van der Waals surface area contributed by atoms with Crippen molar-refractivity contribution in [2.45, 2.75) is 122 Å². The maximum absolute atomic E-state index is 13.7. The number of likely N-dealkylation sites (tertiary alicyclic amines) is 2. The molecule has 15 nitrogen and oxygen atoms in total. The predicted molar refractivity (Wildman–Crippen MR) is 254 cm³/mol. The maximum atomic E-state index is 13.7. The third-order valence-corrected chi connectivity index (χ3v) is 12.8. The van der Waals surface area contributed by atoms with Crippen LogP contribution in [0.2, 0.25) is 0 Å². The van der Waals surface area contributed by atoms with Crippen LogP contribution in [0.5, 0.6) is 0 Å². The molecule has 352 valence electrons. The van der Waals surface area contributed by atoms with Gasteiger partial charge in [-0.1, -0.05) is 77.9 Å². The van der Waals surface area contributed by atoms with Crippen LogP contribution in [-0.2, 0) is 28.7 Å². The number of hydrogen-bond acceptors (Lipinski definition) is 9. The molecule has 0 saturated carbocycles. The van der Waals surface area contributed by atoms with Crippen molar-refractivity contribution in [3.05, 3.63) is 89.5 Å². The summed E-state index contributed by atoms with van der Waals surface area (Å²) in [5.41, 5.74) is 5.79. The van der Waals surface area contributed by atoms with Crippen LogP contribution in [0.25, 0.3) is 0 Å². The van der Waals surface area contributed by atoms with Crippen molar-refractivity contribution in [3.8, 4) is 0 Å². The van der Waals surface area contributed by atoms with Crippen LogP contribution in [0.3, 0.4) is 0 Å². The topological polar surface area (TPSA) is 179 Å². The van der Waals surface area contributed by atoms with Gasteiger partial charge in [-0.15, -0.1) is 0 Å². The lowest BCUT2D eigenvalue weighted by molar-refractivity contribution is -0.139. The minimum absolute atomic E-state index is 0. The Hall–Kier alpha value is -6.12. The number of benzene rings is 3. The smallest absolute Gasteiger partial charge is 0.407 e. The third-order valence-electron chi connectivity index (χ3n) is 12.8. The van der Waals surface area contributed by atoms with Crippen molar-refractivity contribution in [2.24, 2.45) is 11.8 Å². The van der Waals surface area contributed by atoms with Gasteiger partial charge in [0.05, 0.1) is 26.3 Å².